The van der Waals surface area contributed by atoms with Crippen LogP contribution in [0.4, 0.5) is 4.79 Å². The molecule has 0 bridgehead atoms. The number of ether oxygens (including phenoxy) is 1. The van der Waals surface area contributed by atoms with E-state index in [4.69, 9.17) is 4.74 Å². The number of aryl methyl sites for hydroxylation is 2. The predicted octanol–water partition coefficient (Wildman–Crippen LogP) is 5.75. The van der Waals surface area contributed by atoms with Gasteiger partial charge in [-0.1, -0.05) is 69.4 Å². The van der Waals surface area contributed by atoms with Crippen molar-refractivity contribution in [3.8, 4) is 0 Å². The molecule has 1 aromatic carbocycles. The van der Waals surface area contributed by atoms with Crippen LogP contribution < -0.4 is 10.6 Å². The van der Waals surface area contributed by atoms with Crippen molar-refractivity contribution in [3.63, 3.8) is 0 Å². The molecule has 1 aliphatic rings. The van der Waals surface area contributed by atoms with Crippen molar-refractivity contribution in [1.82, 2.24) is 15.5 Å². The Bertz CT molecular complexity index is 947. The Morgan fingerprint density at radius 1 is 1.16 bits per heavy atom. The lowest BCUT2D eigenvalue weighted by molar-refractivity contribution is -0.143. The molecule has 206 valence electrons. The van der Waals surface area contributed by atoms with Gasteiger partial charge < -0.3 is 20.3 Å². The molecule has 7 nitrogen and oxygen atoms in total. The summed E-state index contributed by atoms with van der Waals surface area (Å²) >= 11 is 0. The van der Waals surface area contributed by atoms with E-state index in [0.29, 0.717) is 6.42 Å². The van der Waals surface area contributed by atoms with Crippen molar-refractivity contribution >= 4 is 17.9 Å². The van der Waals surface area contributed by atoms with Crippen molar-refractivity contribution in [1.29, 1.82) is 0 Å². The molecule has 3 unspecified atom stereocenters. The van der Waals surface area contributed by atoms with Crippen LogP contribution in [0, 0.1) is 19.8 Å². The number of hydrogen-bond donors (Lipinski definition) is 2. The number of benzene rings is 1. The normalized spacial score (nSPS) is 16.7. The zero-order chi connectivity index (χ0) is 27.8. The molecular formula is C30H47N3O4. The average Bonchev–Trinajstić information content (AvgIpc) is 2.82. The van der Waals surface area contributed by atoms with Gasteiger partial charge in [0.15, 0.2) is 0 Å². The van der Waals surface area contributed by atoms with Gasteiger partial charge in [-0.3, -0.25) is 9.59 Å². The standard InChI is InChI=1S/C30H47N3O4/c1-9-18-33(28(35)25(21(4)10-2)32-29(36)37-30(6,7)8)26(24-17-16-20(3)19-22(24)5)27(34)31-23-14-12-11-13-15-23/h9,16-17,19,21,23,25-26H,1,10-15,18H2,2-8H3,(H,31,34)(H,32,36). The van der Waals surface area contributed by atoms with E-state index >= 15 is 0 Å². The zero-order valence-electron chi connectivity index (χ0n) is 23.9. The predicted molar refractivity (Wildman–Crippen MR) is 148 cm³/mol. The number of carbonyl (C=O) groups is 3. The fraction of sp³-hybridized carbons (Fsp3) is 0.633. The molecule has 3 amide bonds. The summed E-state index contributed by atoms with van der Waals surface area (Å²) in [7, 11) is 0. The van der Waals surface area contributed by atoms with E-state index in [0.717, 1.165) is 42.4 Å². The number of hydrogen-bond acceptors (Lipinski definition) is 4. The Balaban J connectivity index is 2.49. The molecule has 1 saturated carbocycles. The lowest BCUT2D eigenvalue weighted by Gasteiger charge is -2.37. The highest BCUT2D eigenvalue weighted by molar-refractivity contribution is 5.92. The number of nitrogens with zero attached hydrogens (tertiary/aromatic N) is 1. The van der Waals surface area contributed by atoms with Crippen molar-refractivity contribution < 1.29 is 19.1 Å². The third kappa shape index (κ3) is 8.90. The first-order valence-electron chi connectivity index (χ1n) is 13.7. The van der Waals surface area contributed by atoms with Gasteiger partial charge in [-0.05, 0) is 64.5 Å². The van der Waals surface area contributed by atoms with Gasteiger partial charge in [-0.2, -0.15) is 0 Å². The van der Waals surface area contributed by atoms with E-state index in [2.05, 4.69) is 17.2 Å². The summed E-state index contributed by atoms with van der Waals surface area (Å²) in [5, 5.41) is 6.02. The second-order valence-electron chi connectivity index (χ2n) is 11.4. The minimum Gasteiger partial charge on any atom is -0.444 e. The number of carbonyl (C=O) groups excluding carboxylic acids is 3. The first-order valence-corrected chi connectivity index (χ1v) is 13.7. The second-order valence-corrected chi connectivity index (χ2v) is 11.4. The third-order valence-electron chi connectivity index (χ3n) is 6.99. The van der Waals surface area contributed by atoms with E-state index in [-0.39, 0.29) is 30.3 Å². The average molecular weight is 514 g/mol. The highest BCUT2D eigenvalue weighted by Gasteiger charge is 2.38. The molecule has 37 heavy (non-hydrogen) atoms. The smallest absolute Gasteiger partial charge is 0.408 e. The Kier molecular flexibility index (Phi) is 11.2. The van der Waals surface area contributed by atoms with Crippen LogP contribution in [0.15, 0.2) is 30.9 Å². The van der Waals surface area contributed by atoms with Crippen LogP contribution in [0.1, 0.15) is 95.9 Å². The molecule has 0 aromatic heterocycles. The summed E-state index contributed by atoms with van der Waals surface area (Å²) in [6.07, 6.45) is 6.88. The fourth-order valence-electron chi connectivity index (χ4n) is 4.87. The summed E-state index contributed by atoms with van der Waals surface area (Å²) in [4.78, 5) is 42.3. The SMILES string of the molecule is C=CCN(C(=O)C(NC(=O)OC(C)(C)C)C(C)CC)C(C(=O)NC1CCCCC1)c1ccc(C)cc1C. The summed E-state index contributed by atoms with van der Waals surface area (Å²) in [5.41, 5.74) is 2.09. The van der Waals surface area contributed by atoms with E-state index < -0.39 is 23.8 Å². The number of rotatable bonds is 10. The highest BCUT2D eigenvalue weighted by Crippen LogP contribution is 2.29. The molecule has 1 fully saturated rings. The van der Waals surface area contributed by atoms with Gasteiger partial charge >= 0.3 is 6.09 Å². The molecule has 1 aromatic rings. The van der Waals surface area contributed by atoms with E-state index in [9.17, 15) is 14.4 Å². The van der Waals surface area contributed by atoms with E-state index in [1.54, 1.807) is 31.7 Å². The first kappa shape index (κ1) is 30.4. The largest absolute Gasteiger partial charge is 0.444 e. The summed E-state index contributed by atoms with van der Waals surface area (Å²) in [6, 6.07) is 4.32. The third-order valence-corrected chi connectivity index (χ3v) is 6.99. The maximum Gasteiger partial charge on any atom is 0.408 e. The van der Waals surface area contributed by atoms with Crippen LogP contribution in [-0.2, 0) is 14.3 Å². The summed E-state index contributed by atoms with van der Waals surface area (Å²) in [5.74, 6) is -0.702. The minimum atomic E-state index is -0.851. The zero-order valence-corrected chi connectivity index (χ0v) is 23.9. The van der Waals surface area contributed by atoms with Gasteiger partial charge in [0.2, 0.25) is 11.8 Å². The van der Waals surface area contributed by atoms with Gasteiger partial charge in [-0.25, -0.2) is 4.79 Å². The van der Waals surface area contributed by atoms with Crippen LogP contribution in [0.25, 0.3) is 0 Å². The molecule has 0 aliphatic heterocycles. The summed E-state index contributed by atoms with van der Waals surface area (Å²) < 4.78 is 5.46. The van der Waals surface area contributed by atoms with Crippen LogP contribution >= 0.6 is 0 Å². The molecule has 0 radical (unpaired) electrons. The van der Waals surface area contributed by atoms with Crippen molar-refractivity contribution in [2.75, 3.05) is 6.54 Å². The van der Waals surface area contributed by atoms with Crippen LogP contribution in [0.3, 0.4) is 0 Å². The van der Waals surface area contributed by atoms with Gasteiger partial charge in [0, 0.05) is 12.6 Å². The van der Waals surface area contributed by atoms with Crippen LogP contribution in [0.2, 0.25) is 0 Å². The van der Waals surface area contributed by atoms with Gasteiger partial charge in [0.05, 0.1) is 0 Å². The van der Waals surface area contributed by atoms with Crippen molar-refractivity contribution in [2.45, 2.75) is 111 Å². The Hall–Kier alpha value is -2.83. The number of alkyl carbamates (subject to hydrolysis) is 1. The molecule has 2 N–H and O–H groups in total. The van der Waals surface area contributed by atoms with E-state index in [1.807, 2.05) is 45.9 Å². The van der Waals surface area contributed by atoms with Crippen LogP contribution in [-0.4, -0.2) is 47.0 Å². The van der Waals surface area contributed by atoms with Gasteiger partial charge in [0.25, 0.3) is 0 Å². The number of nitrogens with one attached hydrogen (secondary N) is 2. The molecule has 0 spiro atoms. The second kappa shape index (κ2) is 13.6. The molecule has 2 rings (SSSR count). The topological polar surface area (TPSA) is 87.7 Å². The Morgan fingerprint density at radius 2 is 1.81 bits per heavy atom. The fourth-order valence-corrected chi connectivity index (χ4v) is 4.87. The van der Waals surface area contributed by atoms with Crippen molar-refractivity contribution in [3.05, 3.63) is 47.5 Å². The molecule has 7 heteroatoms. The molecule has 0 saturated heterocycles. The molecule has 3 atom stereocenters. The summed E-state index contributed by atoms with van der Waals surface area (Å²) in [6.45, 7) is 17.2. The molecular weight excluding hydrogens is 466 g/mol. The monoisotopic (exact) mass is 513 g/mol. The maximum absolute atomic E-state index is 14.2. The van der Waals surface area contributed by atoms with Crippen LogP contribution in [0.5, 0.6) is 0 Å². The minimum absolute atomic E-state index is 0.0976. The maximum atomic E-state index is 14.2. The molecule has 0 heterocycles. The molecule has 1 aliphatic carbocycles. The van der Waals surface area contributed by atoms with Crippen molar-refractivity contribution in [2.24, 2.45) is 5.92 Å². The lowest BCUT2D eigenvalue weighted by atomic mass is 9.92. The highest BCUT2D eigenvalue weighted by atomic mass is 16.6. The lowest BCUT2D eigenvalue weighted by Crippen LogP contribution is -2.55. The Morgan fingerprint density at radius 3 is 2.35 bits per heavy atom. The first-order chi connectivity index (χ1) is 17.4. The van der Waals surface area contributed by atoms with Gasteiger partial charge in [-0.15, -0.1) is 6.58 Å². The number of amides is 3. The Labute approximate surface area is 223 Å². The van der Waals surface area contributed by atoms with Gasteiger partial charge in [0.1, 0.15) is 17.7 Å². The van der Waals surface area contributed by atoms with E-state index in [1.165, 1.54) is 6.42 Å². The quantitative estimate of drug-likeness (QED) is 0.390.